The fourth-order valence-corrected chi connectivity index (χ4v) is 5.62. The van der Waals surface area contributed by atoms with Crippen LogP contribution in [-0.2, 0) is 30.5 Å². The van der Waals surface area contributed by atoms with Crippen LogP contribution in [0.2, 0.25) is 0 Å². The molecule has 0 radical (unpaired) electrons. The maximum absolute atomic E-state index is 13.3. The number of alkyl carbamates (subject to hydrolysis) is 1. The minimum Gasteiger partial charge on any atom is -0.456 e. The number of hydrogen-bond donors (Lipinski definition) is 1. The van der Waals surface area contributed by atoms with E-state index in [1.54, 1.807) is 37.8 Å². The number of benzene rings is 1. The monoisotopic (exact) mass is 525 g/mol. The lowest BCUT2D eigenvalue weighted by Gasteiger charge is -2.49. The van der Waals surface area contributed by atoms with Crippen LogP contribution in [0.4, 0.5) is 4.79 Å². The molecular formula is C27H31N3O6S. The summed E-state index contributed by atoms with van der Waals surface area (Å²) in [4.78, 5) is 54.6. The molecule has 3 aliphatic heterocycles. The Morgan fingerprint density at radius 2 is 1.95 bits per heavy atom. The van der Waals surface area contributed by atoms with Gasteiger partial charge in [-0.1, -0.05) is 36.4 Å². The van der Waals surface area contributed by atoms with Crippen LogP contribution in [0.3, 0.4) is 0 Å². The van der Waals surface area contributed by atoms with E-state index in [-0.39, 0.29) is 18.2 Å². The van der Waals surface area contributed by atoms with Crippen LogP contribution in [0.15, 0.2) is 65.9 Å². The van der Waals surface area contributed by atoms with Crippen LogP contribution in [0.25, 0.3) is 0 Å². The van der Waals surface area contributed by atoms with Crippen LogP contribution in [0.1, 0.15) is 32.8 Å². The van der Waals surface area contributed by atoms with Crippen molar-refractivity contribution in [3.05, 3.63) is 71.5 Å². The Labute approximate surface area is 220 Å². The van der Waals surface area contributed by atoms with E-state index in [1.165, 1.54) is 16.7 Å². The molecule has 10 heteroatoms. The molecule has 196 valence electrons. The first kappa shape index (κ1) is 26.5. The molecule has 2 atom stereocenters. The van der Waals surface area contributed by atoms with Gasteiger partial charge in [-0.15, -0.1) is 18.3 Å². The third-order valence-electron chi connectivity index (χ3n) is 5.99. The largest absolute Gasteiger partial charge is 0.456 e. The van der Waals surface area contributed by atoms with Gasteiger partial charge in [-0.25, -0.2) is 9.59 Å². The van der Waals surface area contributed by atoms with Crippen molar-refractivity contribution in [2.75, 3.05) is 18.8 Å². The number of amides is 3. The predicted molar refractivity (Wildman–Crippen MR) is 139 cm³/mol. The van der Waals surface area contributed by atoms with Gasteiger partial charge in [-0.2, -0.15) is 0 Å². The highest BCUT2D eigenvalue weighted by molar-refractivity contribution is 8.00. The standard InChI is InChI=1S/C27H31N3O6S/c1-5-12-29-13-11-18(22(29)31)14-19-16-37-24-20(28-26(34)36-27(2,3)4)23(32)30(24)21(19)25(33)35-15-17-9-7-6-8-10-17/h5-10,14,20,24H,1,11-13,15-16H2,2-4H3,(H,28,34)/b18-14+/t20-,24-/m1/s1. The van der Waals surface area contributed by atoms with Gasteiger partial charge in [0.25, 0.3) is 5.91 Å². The number of hydrogen-bond acceptors (Lipinski definition) is 7. The number of esters is 1. The van der Waals surface area contributed by atoms with E-state index in [9.17, 15) is 19.2 Å². The summed E-state index contributed by atoms with van der Waals surface area (Å²) in [6.07, 6.45) is 3.21. The van der Waals surface area contributed by atoms with E-state index in [1.807, 2.05) is 30.3 Å². The van der Waals surface area contributed by atoms with Gasteiger partial charge in [0.05, 0.1) is 0 Å². The molecule has 37 heavy (non-hydrogen) atoms. The molecule has 0 unspecified atom stereocenters. The summed E-state index contributed by atoms with van der Waals surface area (Å²) in [5.41, 5.74) is 1.32. The van der Waals surface area contributed by atoms with Crippen LogP contribution >= 0.6 is 11.8 Å². The van der Waals surface area contributed by atoms with Crippen molar-refractivity contribution in [2.45, 2.75) is 50.8 Å². The molecule has 3 aliphatic rings. The second-order valence-corrected chi connectivity index (χ2v) is 11.0. The number of nitrogens with zero attached hydrogens (tertiary/aromatic N) is 2. The molecule has 2 fully saturated rings. The lowest BCUT2D eigenvalue weighted by Crippen LogP contribution is -2.70. The van der Waals surface area contributed by atoms with Crippen molar-refractivity contribution in [2.24, 2.45) is 0 Å². The van der Waals surface area contributed by atoms with Gasteiger partial charge in [0.2, 0.25) is 5.91 Å². The Bertz CT molecular complexity index is 1170. The highest BCUT2D eigenvalue weighted by Gasteiger charge is 2.54. The summed E-state index contributed by atoms with van der Waals surface area (Å²) in [5.74, 6) is -0.833. The second kappa shape index (κ2) is 10.8. The molecule has 2 saturated heterocycles. The topological polar surface area (TPSA) is 105 Å². The molecule has 4 rings (SSSR count). The number of β-lactam (4-membered cyclic amide) rings is 1. The third-order valence-corrected chi connectivity index (χ3v) is 7.29. The molecule has 0 bridgehead atoms. The molecule has 1 aromatic rings. The second-order valence-electron chi connectivity index (χ2n) is 9.93. The summed E-state index contributed by atoms with van der Waals surface area (Å²) in [6, 6.07) is 8.40. The number of thioether (sulfide) groups is 1. The molecule has 0 spiro atoms. The van der Waals surface area contributed by atoms with Gasteiger partial charge >= 0.3 is 12.1 Å². The normalized spacial score (nSPS) is 22.5. The number of carbonyl (C=O) groups excluding carboxylic acids is 4. The number of likely N-dealkylation sites (tertiary alicyclic amines) is 1. The van der Waals surface area contributed by atoms with Crippen LogP contribution in [-0.4, -0.2) is 69.5 Å². The van der Waals surface area contributed by atoms with Crippen LogP contribution in [0, 0.1) is 0 Å². The zero-order valence-electron chi connectivity index (χ0n) is 21.2. The lowest BCUT2D eigenvalue weighted by molar-refractivity contribution is -0.152. The van der Waals surface area contributed by atoms with Crippen molar-refractivity contribution in [3.63, 3.8) is 0 Å². The highest BCUT2D eigenvalue weighted by Crippen LogP contribution is 2.41. The Hall–Kier alpha value is -3.53. The summed E-state index contributed by atoms with van der Waals surface area (Å²) >= 11 is 1.41. The fraction of sp³-hybridized carbons (Fsp3) is 0.407. The molecule has 0 aromatic heterocycles. The van der Waals surface area contributed by atoms with E-state index >= 15 is 0 Å². The van der Waals surface area contributed by atoms with E-state index in [0.717, 1.165) is 5.56 Å². The Morgan fingerprint density at radius 3 is 2.62 bits per heavy atom. The number of fused-ring (bicyclic) bond motifs is 1. The predicted octanol–water partition coefficient (Wildman–Crippen LogP) is 3.14. The van der Waals surface area contributed by atoms with Gasteiger partial charge in [0.15, 0.2) is 0 Å². The molecule has 3 amide bonds. The summed E-state index contributed by atoms with van der Waals surface area (Å²) < 4.78 is 10.9. The number of allylic oxidation sites excluding steroid dienone is 1. The Balaban J connectivity index is 1.59. The third kappa shape index (κ3) is 5.90. The van der Waals surface area contributed by atoms with Crippen molar-refractivity contribution in [1.29, 1.82) is 0 Å². The molecule has 9 nitrogen and oxygen atoms in total. The first-order chi connectivity index (χ1) is 17.6. The van der Waals surface area contributed by atoms with Gasteiger partial charge in [0.1, 0.15) is 29.3 Å². The lowest BCUT2D eigenvalue weighted by atomic mass is 10.0. The zero-order chi connectivity index (χ0) is 26.7. The smallest absolute Gasteiger partial charge is 0.408 e. The Morgan fingerprint density at radius 1 is 1.22 bits per heavy atom. The molecule has 0 saturated carbocycles. The quantitative estimate of drug-likeness (QED) is 0.252. The number of ether oxygens (including phenoxy) is 2. The maximum atomic E-state index is 13.3. The Kier molecular flexibility index (Phi) is 7.77. The first-order valence-electron chi connectivity index (χ1n) is 12.1. The van der Waals surface area contributed by atoms with Gasteiger partial charge < -0.3 is 19.7 Å². The zero-order valence-corrected chi connectivity index (χ0v) is 22.0. The molecular weight excluding hydrogens is 494 g/mol. The summed E-state index contributed by atoms with van der Waals surface area (Å²) in [6.45, 7) is 9.95. The SMILES string of the molecule is C=CCN1CC/C(=C\C2=C(C(=O)OCc3ccccc3)N3C(=O)[C@@H](NC(=O)OC(C)(C)C)[C@H]3SC2)C1=O. The number of nitrogens with one attached hydrogen (secondary N) is 1. The molecule has 1 N–H and O–H groups in total. The average molecular weight is 526 g/mol. The highest BCUT2D eigenvalue weighted by atomic mass is 32.2. The summed E-state index contributed by atoms with van der Waals surface area (Å²) in [5, 5.41) is 2.13. The number of rotatable bonds is 7. The van der Waals surface area contributed by atoms with Crippen molar-refractivity contribution in [1.82, 2.24) is 15.1 Å². The number of carbonyl (C=O) groups is 4. The van der Waals surface area contributed by atoms with E-state index in [0.29, 0.717) is 36.4 Å². The van der Waals surface area contributed by atoms with Crippen molar-refractivity contribution >= 4 is 35.6 Å². The van der Waals surface area contributed by atoms with Gasteiger partial charge in [0, 0.05) is 24.4 Å². The molecule has 3 heterocycles. The van der Waals surface area contributed by atoms with Crippen molar-refractivity contribution in [3.8, 4) is 0 Å². The molecule has 0 aliphatic carbocycles. The minimum absolute atomic E-state index is 0.0402. The fourth-order valence-electron chi connectivity index (χ4n) is 4.31. The average Bonchev–Trinajstić information content (AvgIpc) is 3.19. The van der Waals surface area contributed by atoms with E-state index in [4.69, 9.17) is 9.47 Å². The molecule has 1 aromatic carbocycles. The van der Waals surface area contributed by atoms with Gasteiger partial charge in [-0.05, 0) is 44.4 Å². The van der Waals surface area contributed by atoms with Gasteiger partial charge in [-0.3, -0.25) is 14.5 Å². The van der Waals surface area contributed by atoms with E-state index < -0.39 is 35.0 Å². The summed E-state index contributed by atoms with van der Waals surface area (Å²) in [7, 11) is 0. The maximum Gasteiger partial charge on any atom is 0.408 e. The first-order valence-corrected chi connectivity index (χ1v) is 13.1. The minimum atomic E-state index is -0.831. The van der Waals surface area contributed by atoms with E-state index in [2.05, 4.69) is 11.9 Å². The van der Waals surface area contributed by atoms with Crippen molar-refractivity contribution < 1.29 is 28.7 Å². The van der Waals surface area contributed by atoms with Crippen LogP contribution < -0.4 is 5.32 Å². The van der Waals surface area contributed by atoms with Crippen LogP contribution in [0.5, 0.6) is 0 Å².